The summed E-state index contributed by atoms with van der Waals surface area (Å²) in [6, 6.07) is -0.255. The summed E-state index contributed by atoms with van der Waals surface area (Å²) in [4.78, 5) is 28.1. The van der Waals surface area contributed by atoms with Crippen LogP contribution < -0.4 is 5.32 Å². The van der Waals surface area contributed by atoms with Crippen LogP contribution in [0.5, 0.6) is 0 Å². The van der Waals surface area contributed by atoms with Gasteiger partial charge < -0.3 is 20.4 Å². The Morgan fingerprint density at radius 3 is 2.62 bits per heavy atom. The molecule has 8 heteroatoms. The van der Waals surface area contributed by atoms with Crippen LogP contribution in [0.2, 0.25) is 0 Å². The number of rotatable bonds is 7. The van der Waals surface area contributed by atoms with Crippen molar-refractivity contribution in [1.82, 2.24) is 15.2 Å². The molecule has 0 bridgehead atoms. The fourth-order valence-electron chi connectivity index (χ4n) is 1.71. The molecule has 0 aromatic carbocycles. The second-order valence-corrected chi connectivity index (χ2v) is 6.18. The maximum atomic E-state index is 11.9. The number of amides is 2. The van der Waals surface area contributed by atoms with Crippen LogP contribution in [0.1, 0.15) is 36.3 Å². The molecular weight excluding hydrogens is 294 g/mol. The first-order valence-electron chi connectivity index (χ1n) is 6.66. The lowest BCUT2D eigenvalue weighted by atomic mass is 10.1. The van der Waals surface area contributed by atoms with Gasteiger partial charge in [0.15, 0.2) is 5.69 Å². The topological polar surface area (TPSA) is 103 Å². The van der Waals surface area contributed by atoms with E-state index in [2.05, 4.69) is 10.3 Å². The number of hydrogen-bond donors (Lipinski definition) is 3. The number of carbonyl (C=O) groups is 2. The summed E-state index contributed by atoms with van der Waals surface area (Å²) >= 11 is 1.26. The number of nitrogens with zero attached hydrogens (tertiary/aromatic N) is 2. The van der Waals surface area contributed by atoms with Crippen LogP contribution in [0.4, 0.5) is 4.79 Å². The van der Waals surface area contributed by atoms with Crippen molar-refractivity contribution in [2.75, 3.05) is 19.6 Å². The van der Waals surface area contributed by atoms with E-state index in [1.165, 1.54) is 21.6 Å². The van der Waals surface area contributed by atoms with Crippen molar-refractivity contribution < 1.29 is 19.8 Å². The SMILES string of the molecule is CCN(CC(C)(C)O)C(=O)NCCc1nc(C(=O)O)cs1. The minimum absolute atomic E-state index is 0.0264. The molecule has 21 heavy (non-hydrogen) atoms. The summed E-state index contributed by atoms with van der Waals surface area (Å²) in [7, 11) is 0. The second kappa shape index (κ2) is 7.37. The molecule has 7 nitrogen and oxygen atoms in total. The molecule has 0 aliphatic heterocycles. The number of likely N-dealkylation sites (N-methyl/N-ethyl adjacent to an activating group) is 1. The zero-order chi connectivity index (χ0) is 16.0. The van der Waals surface area contributed by atoms with Gasteiger partial charge in [0.25, 0.3) is 0 Å². The van der Waals surface area contributed by atoms with Crippen LogP contribution >= 0.6 is 11.3 Å². The fraction of sp³-hybridized carbons (Fsp3) is 0.615. The third-order valence-electron chi connectivity index (χ3n) is 2.63. The van der Waals surface area contributed by atoms with Gasteiger partial charge in [-0.1, -0.05) is 0 Å². The summed E-state index contributed by atoms with van der Waals surface area (Å²) in [5.74, 6) is -1.05. The molecule has 118 valence electrons. The van der Waals surface area contributed by atoms with Gasteiger partial charge in [0.05, 0.1) is 17.2 Å². The van der Waals surface area contributed by atoms with Crippen LogP contribution in [0.15, 0.2) is 5.38 Å². The number of thiazole rings is 1. The van der Waals surface area contributed by atoms with E-state index in [-0.39, 0.29) is 18.3 Å². The van der Waals surface area contributed by atoms with Gasteiger partial charge in [-0.05, 0) is 20.8 Å². The van der Waals surface area contributed by atoms with Crippen molar-refractivity contribution in [3.8, 4) is 0 Å². The first kappa shape index (κ1) is 17.4. The van der Waals surface area contributed by atoms with E-state index in [9.17, 15) is 14.7 Å². The van der Waals surface area contributed by atoms with Gasteiger partial charge in [0, 0.05) is 24.9 Å². The average molecular weight is 315 g/mol. The lowest BCUT2D eigenvalue weighted by Crippen LogP contribution is -2.47. The molecule has 0 fully saturated rings. The van der Waals surface area contributed by atoms with E-state index < -0.39 is 11.6 Å². The Morgan fingerprint density at radius 2 is 2.14 bits per heavy atom. The second-order valence-electron chi connectivity index (χ2n) is 5.24. The maximum absolute atomic E-state index is 11.9. The van der Waals surface area contributed by atoms with Gasteiger partial charge in [0.2, 0.25) is 0 Å². The highest BCUT2D eigenvalue weighted by Crippen LogP contribution is 2.10. The van der Waals surface area contributed by atoms with Gasteiger partial charge in [0.1, 0.15) is 0 Å². The quantitative estimate of drug-likeness (QED) is 0.701. The Labute approximate surface area is 127 Å². The number of aromatic nitrogens is 1. The molecule has 0 radical (unpaired) electrons. The minimum Gasteiger partial charge on any atom is -0.476 e. The Bertz CT molecular complexity index is 496. The van der Waals surface area contributed by atoms with E-state index in [0.29, 0.717) is 24.5 Å². The minimum atomic E-state index is -1.05. The van der Waals surface area contributed by atoms with Crippen LogP contribution in [0.25, 0.3) is 0 Å². The maximum Gasteiger partial charge on any atom is 0.355 e. The monoisotopic (exact) mass is 315 g/mol. The molecule has 1 aromatic heterocycles. The average Bonchev–Trinajstić information content (AvgIpc) is 2.83. The first-order valence-corrected chi connectivity index (χ1v) is 7.53. The third kappa shape index (κ3) is 6.09. The summed E-state index contributed by atoms with van der Waals surface area (Å²) in [5, 5.41) is 23.4. The van der Waals surface area contributed by atoms with E-state index in [1.807, 2.05) is 6.92 Å². The van der Waals surface area contributed by atoms with Gasteiger partial charge in [-0.2, -0.15) is 0 Å². The number of nitrogens with one attached hydrogen (secondary N) is 1. The van der Waals surface area contributed by atoms with Crippen molar-refractivity contribution in [2.24, 2.45) is 0 Å². The molecule has 0 saturated carbocycles. The van der Waals surface area contributed by atoms with E-state index >= 15 is 0 Å². The number of hydrogen-bond acceptors (Lipinski definition) is 5. The van der Waals surface area contributed by atoms with Crippen LogP contribution in [-0.2, 0) is 6.42 Å². The smallest absolute Gasteiger partial charge is 0.355 e. The van der Waals surface area contributed by atoms with Crippen molar-refractivity contribution in [3.63, 3.8) is 0 Å². The summed E-state index contributed by atoms with van der Waals surface area (Å²) in [5.41, 5.74) is -0.919. The molecule has 0 aliphatic rings. The highest BCUT2D eigenvalue weighted by atomic mass is 32.1. The van der Waals surface area contributed by atoms with Crippen molar-refractivity contribution >= 4 is 23.3 Å². The molecule has 0 unspecified atom stereocenters. The molecule has 0 atom stereocenters. The Morgan fingerprint density at radius 1 is 1.48 bits per heavy atom. The predicted molar refractivity (Wildman–Crippen MR) is 79.7 cm³/mol. The largest absolute Gasteiger partial charge is 0.476 e. The van der Waals surface area contributed by atoms with Gasteiger partial charge in [-0.3, -0.25) is 0 Å². The fourth-order valence-corrected chi connectivity index (χ4v) is 2.48. The summed E-state index contributed by atoms with van der Waals surface area (Å²) in [6.07, 6.45) is 0.476. The van der Waals surface area contributed by atoms with Crippen LogP contribution in [0, 0.1) is 0 Å². The lowest BCUT2D eigenvalue weighted by molar-refractivity contribution is 0.0480. The van der Waals surface area contributed by atoms with Gasteiger partial charge in [-0.15, -0.1) is 11.3 Å². The van der Waals surface area contributed by atoms with Crippen LogP contribution in [-0.4, -0.2) is 57.3 Å². The summed E-state index contributed by atoms with van der Waals surface area (Å²) < 4.78 is 0. The molecule has 3 N–H and O–H groups in total. The molecule has 0 saturated heterocycles. The van der Waals surface area contributed by atoms with E-state index in [0.717, 1.165) is 0 Å². The first-order chi connectivity index (χ1) is 9.73. The molecule has 1 heterocycles. The number of carbonyl (C=O) groups excluding carboxylic acids is 1. The normalized spacial score (nSPS) is 11.2. The van der Waals surface area contributed by atoms with Crippen molar-refractivity contribution in [1.29, 1.82) is 0 Å². The highest BCUT2D eigenvalue weighted by Gasteiger charge is 2.21. The number of carboxylic acids is 1. The van der Waals surface area contributed by atoms with Gasteiger partial charge in [-0.25, -0.2) is 14.6 Å². The standard InChI is InChI=1S/C13H21N3O4S/c1-4-16(8-13(2,3)20)12(19)14-6-5-10-15-9(7-21-10)11(17)18/h7,20H,4-6,8H2,1-3H3,(H,14,19)(H,17,18). The number of carboxylic acid groups (broad SMARTS) is 1. The Hall–Kier alpha value is -1.67. The molecule has 0 aliphatic carbocycles. The van der Waals surface area contributed by atoms with Crippen LogP contribution in [0.3, 0.4) is 0 Å². The molecular formula is C13H21N3O4S. The van der Waals surface area contributed by atoms with E-state index in [4.69, 9.17) is 5.11 Å². The molecule has 0 spiro atoms. The molecule has 1 aromatic rings. The van der Waals surface area contributed by atoms with E-state index in [1.54, 1.807) is 13.8 Å². The van der Waals surface area contributed by atoms with Crippen molar-refractivity contribution in [2.45, 2.75) is 32.8 Å². The number of aliphatic hydroxyl groups is 1. The highest BCUT2D eigenvalue weighted by molar-refractivity contribution is 7.09. The Kier molecular flexibility index (Phi) is 6.10. The van der Waals surface area contributed by atoms with Gasteiger partial charge >= 0.3 is 12.0 Å². The molecule has 1 rings (SSSR count). The summed E-state index contributed by atoms with van der Waals surface area (Å²) in [6.45, 7) is 6.24. The zero-order valence-corrected chi connectivity index (χ0v) is 13.2. The number of aromatic carboxylic acids is 1. The lowest BCUT2D eigenvalue weighted by Gasteiger charge is -2.28. The third-order valence-corrected chi connectivity index (χ3v) is 3.54. The number of urea groups is 1. The molecule has 2 amide bonds. The predicted octanol–water partition coefficient (Wildman–Crippen LogP) is 1.19. The Balaban J connectivity index is 2.42. The van der Waals surface area contributed by atoms with Crippen molar-refractivity contribution in [3.05, 3.63) is 16.1 Å². The zero-order valence-electron chi connectivity index (χ0n) is 12.4.